The summed E-state index contributed by atoms with van der Waals surface area (Å²) in [5.74, 6) is -0.236. The largest absolute Gasteiger partial charge is 0.354 e. The number of nitrogens with one attached hydrogen (secondary N) is 1. The molecule has 0 radical (unpaired) electrons. The number of nitrogens with zero attached hydrogens (tertiary/aromatic N) is 3. The van der Waals surface area contributed by atoms with Crippen LogP contribution < -0.4 is 5.32 Å². The van der Waals surface area contributed by atoms with Gasteiger partial charge in [0.2, 0.25) is 11.8 Å². The number of rotatable bonds is 7. The molecular formula is C19H26N4O2. The van der Waals surface area contributed by atoms with Crippen LogP contribution in [0.25, 0.3) is 0 Å². The van der Waals surface area contributed by atoms with Crippen molar-refractivity contribution in [1.82, 2.24) is 15.2 Å². The second-order valence-electron chi connectivity index (χ2n) is 6.62. The van der Waals surface area contributed by atoms with E-state index >= 15 is 0 Å². The van der Waals surface area contributed by atoms with Gasteiger partial charge >= 0.3 is 0 Å². The highest BCUT2D eigenvalue weighted by molar-refractivity contribution is 6.04. The molecule has 0 atom stereocenters. The third-order valence-corrected chi connectivity index (χ3v) is 4.68. The summed E-state index contributed by atoms with van der Waals surface area (Å²) in [4.78, 5) is 26.6. The highest BCUT2D eigenvalue weighted by atomic mass is 16.2. The Kier molecular flexibility index (Phi) is 6.17. The summed E-state index contributed by atoms with van der Waals surface area (Å²) in [5, 5.41) is 8.60. The van der Waals surface area contributed by atoms with Crippen molar-refractivity contribution in [3.63, 3.8) is 0 Å². The molecule has 2 aliphatic rings. The van der Waals surface area contributed by atoms with Crippen LogP contribution in [-0.4, -0.2) is 60.2 Å². The first-order valence-corrected chi connectivity index (χ1v) is 9.15. The summed E-state index contributed by atoms with van der Waals surface area (Å²) in [6, 6.07) is 9.80. The Balaban J connectivity index is 1.46. The molecule has 0 saturated carbocycles. The Morgan fingerprint density at radius 3 is 2.64 bits per heavy atom. The molecule has 0 unspecified atom stereocenters. The van der Waals surface area contributed by atoms with Crippen LogP contribution in [0, 0.1) is 0 Å². The minimum absolute atomic E-state index is 0.00111. The minimum Gasteiger partial charge on any atom is -0.354 e. The van der Waals surface area contributed by atoms with Crippen LogP contribution in [-0.2, 0) is 9.59 Å². The van der Waals surface area contributed by atoms with Gasteiger partial charge in [-0.3, -0.25) is 9.59 Å². The Bertz CT molecular complexity index is 624. The van der Waals surface area contributed by atoms with Gasteiger partial charge in [0.05, 0.1) is 5.71 Å². The van der Waals surface area contributed by atoms with Gasteiger partial charge in [0.1, 0.15) is 6.54 Å². The third-order valence-electron chi connectivity index (χ3n) is 4.68. The molecule has 25 heavy (non-hydrogen) atoms. The van der Waals surface area contributed by atoms with E-state index in [1.165, 1.54) is 30.9 Å². The lowest BCUT2D eigenvalue weighted by molar-refractivity contribution is -0.136. The monoisotopic (exact) mass is 342 g/mol. The van der Waals surface area contributed by atoms with Crippen molar-refractivity contribution in [2.45, 2.75) is 32.1 Å². The molecule has 0 aliphatic carbocycles. The summed E-state index contributed by atoms with van der Waals surface area (Å²) < 4.78 is 0. The average Bonchev–Trinajstić information content (AvgIpc) is 3.15. The normalized spacial score (nSPS) is 18.3. The number of carbonyl (C=O) groups excluding carboxylic acids is 2. The lowest BCUT2D eigenvalue weighted by atomic mass is 10.0. The van der Waals surface area contributed by atoms with Gasteiger partial charge in [-0.05, 0) is 44.5 Å². The van der Waals surface area contributed by atoms with Crippen molar-refractivity contribution in [1.29, 1.82) is 0 Å². The van der Waals surface area contributed by atoms with Crippen LogP contribution >= 0.6 is 0 Å². The van der Waals surface area contributed by atoms with Crippen molar-refractivity contribution in [2.24, 2.45) is 5.10 Å². The first-order chi connectivity index (χ1) is 12.2. The maximum atomic E-state index is 12.1. The predicted molar refractivity (Wildman–Crippen MR) is 97.2 cm³/mol. The number of hydrogen-bond donors (Lipinski definition) is 1. The molecule has 1 saturated heterocycles. The lowest BCUT2D eigenvalue weighted by Gasteiger charge is -2.23. The van der Waals surface area contributed by atoms with Crippen LogP contribution in [0.4, 0.5) is 0 Å². The standard InChI is InChI=1S/C19H26N4O2/c24-18(20-11-6-14-22-12-4-5-13-22)15-23-19(25)10-9-17(21-23)16-7-2-1-3-8-16/h1-3,7-8H,4-6,9-15H2,(H,20,24). The van der Waals surface area contributed by atoms with Crippen LogP contribution in [0.1, 0.15) is 37.7 Å². The van der Waals surface area contributed by atoms with E-state index in [2.05, 4.69) is 15.3 Å². The van der Waals surface area contributed by atoms with E-state index in [9.17, 15) is 9.59 Å². The van der Waals surface area contributed by atoms with E-state index in [1.807, 2.05) is 30.3 Å². The Labute approximate surface area is 148 Å². The van der Waals surface area contributed by atoms with Crippen LogP contribution in [0.15, 0.2) is 35.4 Å². The number of hydrazone groups is 1. The molecule has 2 aliphatic heterocycles. The molecule has 134 valence electrons. The zero-order valence-corrected chi connectivity index (χ0v) is 14.6. The average molecular weight is 342 g/mol. The molecule has 1 aromatic carbocycles. The van der Waals surface area contributed by atoms with Gasteiger partial charge in [0, 0.05) is 19.4 Å². The zero-order valence-electron chi connectivity index (χ0n) is 14.6. The Morgan fingerprint density at radius 1 is 1.12 bits per heavy atom. The molecule has 0 bridgehead atoms. The third kappa shape index (κ3) is 5.13. The molecule has 6 heteroatoms. The van der Waals surface area contributed by atoms with Gasteiger partial charge in [-0.15, -0.1) is 0 Å². The molecule has 1 fully saturated rings. The molecule has 0 spiro atoms. The number of hydrogen-bond acceptors (Lipinski definition) is 4. The molecule has 6 nitrogen and oxygen atoms in total. The van der Waals surface area contributed by atoms with E-state index in [-0.39, 0.29) is 18.4 Å². The molecule has 0 aromatic heterocycles. The van der Waals surface area contributed by atoms with Crippen LogP contribution in [0.5, 0.6) is 0 Å². The SMILES string of the molecule is O=C(CN1N=C(c2ccccc2)CCC1=O)NCCCN1CCCC1. The maximum absolute atomic E-state index is 12.1. The summed E-state index contributed by atoms with van der Waals surface area (Å²) in [6.07, 6.45) is 4.53. The van der Waals surface area contributed by atoms with Gasteiger partial charge in [-0.1, -0.05) is 30.3 Å². The van der Waals surface area contributed by atoms with Gasteiger partial charge in [-0.2, -0.15) is 5.10 Å². The topological polar surface area (TPSA) is 65.0 Å². The number of benzene rings is 1. The second kappa shape index (κ2) is 8.76. The van der Waals surface area contributed by atoms with E-state index in [0.29, 0.717) is 19.4 Å². The van der Waals surface area contributed by atoms with Gasteiger partial charge in [-0.25, -0.2) is 5.01 Å². The maximum Gasteiger partial charge on any atom is 0.243 e. The molecule has 1 aromatic rings. The van der Waals surface area contributed by atoms with Crippen molar-refractivity contribution < 1.29 is 9.59 Å². The first kappa shape index (κ1) is 17.6. The van der Waals surface area contributed by atoms with E-state index in [0.717, 1.165) is 24.2 Å². The van der Waals surface area contributed by atoms with E-state index in [1.54, 1.807) is 0 Å². The molecule has 3 rings (SSSR count). The predicted octanol–water partition coefficient (Wildman–Crippen LogP) is 1.62. The van der Waals surface area contributed by atoms with E-state index < -0.39 is 0 Å². The summed E-state index contributed by atoms with van der Waals surface area (Å²) in [5.41, 5.74) is 1.87. The Hall–Kier alpha value is -2.21. The fraction of sp³-hybridized carbons (Fsp3) is 0.526. The van der Waals surface area contributed by atoms with Gasteiger partial charge < -0.3 is 10.2 Å². The quantitative estimate of drug-likeness (QED) is 0.766. The van der Waals surface area contributed by atoms with Crippen molar-refractivity contribution >= 4 is 17.5 Å². The number of amides is 2. The van der Waals surface area contributed by atoms with Crippen LogP contribution in [0.3, 0.4) is 0 Å². The number of carbonyl (C=O) groups is 2. The second-order valence-corrected chi connectivity index (χ2v) is 6.62. The molecular weight excluding hydrogens is 316 g/mol. The smallest absolute Gasteiger partial charge is 0.243 e. The highest BCUT2D eigenvalue weighted by Gasteiger charge is 2.23. The highest BCUT2D eigenvalue weighted by Crippen LogP contribution is 2.14. The zero-order chi connectivity index (χ0) is 17.5. The van der Waals surface area contributed by atoms with Gasteiger partial charge in [0.25, 0.3) is 0 Å². The van der Waals surface area contributed by atoms with Crippen molar-refractivity contribution in [2.75, 3.05) is 32.7 Å². The number of likely N-dealkylation sites (tertiary alicyclic amines) is 1. The first-order valence-electron chi connectivity index (χ1n) is 9.15. The molecule has 1 N–H and O–H groups in total. The minimum atomic E-state index is -0.146. The lowest BCUT2D eigenvalue weighted by Crippen LogP contribution is -2.41. The summed E-state index contributed by atoms with van der Waals surface area (Å²) >= 11 is 0. The fourth-order valence-electron chi connectivity index (χ4n) is 3.29. The van der Waals surface area contributed by atoms with Crippen molar-refractivity contribution in [3.05, 3.63) is 35.9 Å². The molecule has 2 amide bonds. The Morgan fingerprint density at radius 2 is 1.88 bits per heavy atom. The summed E-state index contributed by atoms with van der Waals surface area (Å²) in [6.45, 7) is 4.02. The van der Waals surface area contributed by atoms with Crippen LogP contribution in [0.2, 0.25) is 0 Å². The van der Waals surface area contributed by atoms with E-state index in [4.69, 9.17) is 0 Å². The fourth-order valence-corrected chi connectivity index (χ4v) is 3.29. The van der Waals surface area contributed by atoms with Gasteiger partial charge in [0.15, 0.2) is 0 Å². The van der Waals surface area contributed by atoms with Crippen molar-refractivity contribution in [3.8, 4) is 0 Å². The summed E-state index contributed by atoms with van der Waals surface area (Å²) in [7, 11) is 0. The molecule has 2 heterocycles.